The normalized spacial score (nSPS) is 16.1. The van der Waals surface area contributed by atoms with Crippen molar-refractivity contribution in [2.75, 3.05) is 7.11 Å². The van der Waals surface area contributed by atoms with E-state index in [-0.39, 0.29) is 6.04 Å². The van der Waals surface area contributed by atoms with Crippen LogP contribution >= 0.6 is 0 Å². The maximum Gasteiger partial charge on any atom is 0.243 e. The first kappa shape index (κ1) is 13.1. The van der Waals surface area contributed by atoms with Crippen LogP contribution in [-0.2, 0) is 10.3 Å². The third-order valence-electron chi connectivity index (χ3n) is 3.03. The Hall–Kier alpha value is -0.940. The Kier molecular flexibility index (Phi) is 4.04. The van der Waals surface area contributed by atoms with E-state index < -0.39 is 5.60 Å². The highest BCUT2D eigenvalue weighted by Crippen LogP contribution is 2.25. The maximum absolute atomic E-state index is 6.01. The fourth-order valence-corrected chi connectivity index (χ4v) is 1.20. The average molecular weight is 227 g/mol. The van der Waals surface area contributed by atoms with Crippen LogP contribution in [-0.4, -0.2) is 17.3 Å². The van der Waals surface area contributed by atoms with Crippen molar-refractivity contribution in [2.45, 2.75) is 45.8 Å². The summed E-state index contributed by atoms with van der Waals surface area (Å²) in [6, 6.07) is -0.209. The van der Waals surface area contributed by atoms with Crippen LogP contribution in [0.1, 0.15) is 51.9 Å². The molecule has 1 aromatic rings. The molecular weight excluding hydrogens is 206 g/mol. The van der Waals surface area contributed by atoms with E-state index in [1.165, 1.54) is 0 Å². The van der Waals surface area contributed by atoms with Gasteiger partial charge in [-0.1, -0.05) is 25.4 Å². The van der Waals surface area contributed by atoms with Gasteiger partial charge in [0, 0.05) is 7.11 Å². The second kappa shape index (κ2) is 4.93. The number of hydrogen-bond acceptors (Lipinski definition) is 5. The second-order valence-corrected chi connectivity index (χ2v) is 4.58. The van der Waals surface area contributed by atoms with Gasteiger partial charge < -0.3 is 15.0 Å². The summed E-state index contributed by atoms with van der Waals surface area (Å²) in [6.07, 6.45) is 0.979. The molecule has 2 unspecified atom stereocenters. The molecule has 0 spiro atoms. The quantitative estimate of drug-likeness (QED) is 0.832. The summed E-state index contributed by atoms with van der Waals surface area (Å²) in [6.45, 7) is 7.92. The van der Waals surface area contributed by atoms with Gasteiger partial charge in [-0.15, -0.1) is 0 Å². The summed E-state index contributed by atoms with van der Waals surface area (Å²) < 4.78 is 10.4. The molecule has 0 bridgehead atoms. The maximum atomic E-state index is 6.01. The number of rotatable bonds is 5. The van der Waals surface area contributed by atoms with Gasteiger partial charge in [0.25, 0.3) is 0 Å². The van der Waals surface area contributed by atoms with Crippen molar-refractivity contribution in [1.82, 2.24) is 10.1 Å². The van der Waals surface area contributed by atoms with Gasteiger partial charge in [0.15, 0.2) is 0 Å². The van der Waals surface area contributed by atoms with Crippen LogP contribution in [0.25, 0.3) is 0 Å². The number of methoxy groups -OCH3 is 1. The number of nitrogens with two attached hydrogens (primary N) is 1. The summed E-state index contributed by atoms with van der Waals surface area (Å²) in [4.78, 5) is 4.29. The molecular formula is C11H21N3O2. The lowest BCUT2D eigenvalue weighted by Crippen LogP contribution is -2.22. The van der Waals surface area contributed by atoms with Gasteiger partial charge in [0.1, 0.15) is 5.60 Å². The third kappa shape index (κ3) is 2.59. The molecule has 16 heavy (non-hydrogen) atoms. The van der Waals surface area contributed by atoms with Crippen LogP contribution in [0.5, 0.6) is 0 Å². The van der Waals surface area contributed by atoms with Gasteiger partial charge in [-0.05, 0) is 19.8 Å². The van der Waals surface area contributed by atoms with E-state index in [9.17, 15) is 0 Å². The SMILES string of the molecule is CCC(C)C(N)c1nc(C(C)(C)OC)no1. The van der Waals surface area contributed by atoms with Gasteiger partial charge in [0.2, 0.25) is 11.7 Å². The van der Waals surface area contributed by atoms with E-state index in [0.29, 0.717) is 17.6 Å². The molecule has 0 aliphatic rings. The summed E-state index contributed by atoms with van der Waals surface area (Å²) >= 11 is 0. The van der Waals surface area contributed by atoms with E-state index >= 15 is 0 Å². The number of hydrogen-bond donors (Lipinski definition) is 1. The number of aromatic nitrogens is 2. The molecule has 1 rings (SSSR count). The zero-order valence-electron chi connectivity index (χ0n) is 10.7. The van der Waals surface area contributed by atoms with Crippen molar-refractivity contribution >= 4 is 0 Å². The van der Waals surface area contributed by atoms with Crippen LogP contribution in [0, 0.1) is 5.92 Å². The first-order chi connectivity index (χ1) is 7.42. The van der Waals surface area contributed by atoms with Crippen molar-refractivity contribution in [3.8, 4) is 0 Å². The second-order valence-electron chi connectivity index (χ2n) is 4.58. The summed E-state index contributed by atoms with van der Waals surface area (Å²) in [5, 5.41) is 3.91. The average Bonchev–Trinajstić information content (AvgIpc) is 2.76. The van der Waals surface area contributed by atoms with E-state index in [1.54, 1.807) is 7.11 Å². The molecule has 92 valence electrons. The number of nitrogens with zero attached hydrogens (tertiary/aromatic N) is 2. The Morgan fingerprint density at radius 3 is 2.62 bits per heavy atom. The highest BCUT2D eigenvalue weighted by atomic mass is 16.5. The van der Waals surface area contributed by atoms with E-state index in [0.717, 1.165) is 6.42 Å². The third-order valence-corrected chi connectivity index (χ3v) is 3.03. The topological polar surface area (TPSA) is 74.2 Å². The molecule has 1 heterocycles. The Labute approximate surface area is 96.4 Å². The summed E-state index contributed by atoms with van der Waals surface area (Å²) in [7, 11) is 1.62. The lowest BCUT2D eigenvalue weighted by atomic mass is 10.0. The van der Waals surface area contributed by atoms with E-state index in [1.807, 2.05) is 13.8 Å². The van der Waals surface area contributed by atoms with E-state index in [4.69, 9.17) is 15.0 Å². The zero-order chi connectivity index (χ0) is 12.3. The lowest BCUT2D eigenvalue weighted by Gasteiger charge is -2.17. The van der Waals surface area contributed by atoms with Crippen molar-refractivity contribution < 1.29 is 9.26 Å². The molecule has 0 radical (unpaired) electrons. The van der Waals surface area contributed by atoms with Gasteiger partial charge in [-0.2, -0.15) is 4.98 Å². The Morgan fingerprint density at radius 1 is 1.50 bits per heavy atom. The van der Waals surface area contributed by atoms with Crippen molar-refractivity contribution in [2.24, 2.45) is 11.7 Å². The lowest BCUT2D eigenvalue weighted by molar-refractivity contribution is 0.00973. The fraction of sp³-hybridized carbons (Fsp3) is 0.818. The van der Waals surface area contributed by atoms with Gasteiger partial charge in [-0.25, -0.2) is 0 Å². The van der Waals surface area contributed by atoms with Crippen molar-refractivity contribution in [3.05, 3.63) is 11.7 Å². The Balaban J connectivity index is 2.87. The first-order valence-electron chi connectivity index (χ1n) is 5.57. The fourth-order valence-electron chi connectivity index (χ4n) is 1.20. The van der Waals surface area contributed by atoms with Gasteiger partial charge >= 0.3 is 0 Å². The van der Waals surface area contributed by atoms with E-state index in [2.05, 4.69) is 24.0 Å². The first-order valence-corrected chi connectivity index (χ1v) is 5.57. The van der Waals surface area contributed by atoms with Crippen LogP contribution in [0.15, 0.2) is 4.52 Å². The molecule has 2 atom stereocenters. The zero-order valence-corrected chi connectivity index (χ0v) is 10.7. The molecule has 1 aromatic heterocycles. The molecule has 0 amide bonds. The smallest absolute Gasteiger partial charge is 0.243 e. The largest absolute Gasteiger partial charge is 0.371 e. The van der Waals surface area contributed by atoms with Crippen LogP contribution in [0.3, 0.4) is 0 Å². The van der Waals surface area contributed by atoms with Crippen LogP contribution in [0.2, 0.25) is 0 Å². The highest BCUT2D eigenvalue weighted by Gasteiger charge is 2.28. The Bertz CT molecular complexity index is 336. The molecule has 2 N–H and O–H groups in total. The predicted molar refractivity (Wildman–Crippen MR) is 60.7 cm³/mol. The highest BCUT2D eigenvalue weighted by molar-refractivity contribution is 5.00. The molecule has 0 saturated heterocycles. The standard InChI is InChI=1S/C11H21N3O2/c1-6-7(2)8(12)9-13-10(14-16-9)11(3,4)15-5/h7-8H,6,12H2,1-5H3. The molecule has 0 aromatic carbocycles. The minimum absolute atomic E-state index is 0.209. The summed E-state index contributed by atoms with van der Waals surface area (Å²) in [5.41, 5.74) is 5.47. The molecule has 0 aliphatic carbocycles. The molecule has 5 nitrogen and oxygen atoms in total. The molecule has 0 fully saturated rings. The van der Waals surface area contributed by atoms with Gasteiger partial charge in [-0.3, -0.25) is 0 Å². The minimum Gasteiger partial charge on any atom is -0.371 e. The predicted octanol–water partition coefficient (Wildman–Crippen LogP) is 2.00. The molecule has 0 aliphatic heterocycles. The van der Waals surface area contributed by atoms with Crippen LogP contribution < -0.4 is 5.73 Å². The van der Waals surface area contributed by atoms with Crippen molar-refractivity contribution in [3.63, 3.8) is 0 Å². The van der Waals surface area contributed by atoms with Crippen molar-refractivity contribution in [1.29, 1.82) is 0 Å². The monoisotopic (exact) mass is 227 g/mol. The Morgan fingerprint density at radius 2 is 2.12 bits per heavy atom. The minimum atomic E-state index is -0.545. The number of ether oxygens (including phenoxy) is 1. The van der Waals surface area contributed by atoms with Crippen LogP contribution in [0.4, 0.5) is 0 Å². The van der Waals surface area contributed by atoms with Gasteiger partial charge in [0.05, 0.1) is 6.04 Å². The summed E-state index contributed by atoms with van der Waals surface area (Å²) in [5.74, 6) is 1.33. The molecule has 0 saturated carbocycles. The molecule has 5 heteroatoms.